The number of aliphatic hydroxyl groups is 1. The fraction of sp³-hybridized carbons (Fsp3) is 1.00. The SMILES string of the molecule is O.O.O.O.O.O.O=S(=O)(O)C1(O)CCCCC1.[Ca+2].[H-].[H-]. The van der Waals surface area contributed by atoms with E-state index < -0.39 is 15.1 Å². The predicted octanol–water partition coefficient (Wildman–Crippen LogP) is -4.58. The summed E-state index contributed by atoms with van der Waals surface area (Å²) in [5.74, 6) is 0. The van der Waals surface area contributed by atoms with Gasteiger partial charge in [0.05, 0.1) is 0 Å². The first kappa shape index (κ1) is 42.8. The second-order valence-electron chi connectivity index (χ2n) is 2.98. The van der Waals surface area contributed by atoms with Crippen molar-refractivity contribution < 1.29 is 53.8 Å². The van der Waals surface area contributed by atoms with Crippen molar-refractivity contribution in [3.8, 4) is 0 Å². The Morgan fingerprint density at radius 3 is 1.28 bits per heavy atom. The van der Waals surface area contributed by atoms with Crippen LogP contribution in [0.4, 0.5) is 0 Å². The van der Waals surface area contributed by atoms with Gasteiger partial charge in [0.2, 0.25) is 0 Å². The third-order valence-electron chi connectivity index (χ3n) is 2.11. The average molecular weight is 330 g/mol. The topological polar surface area (TPSA) is 264 Å². The molecule has 0 aromatic rings. The summed E-state index contributed by atoms with van der Waals surface area (Å²) in [5, 5.41) is 9.37. The zero-order valence-corrected chi connectivity index (χ0v) is 12.9. The molecule has 10 nitrogen and oxygen atoms in total. The molecule has 12 heteroatoms. The van der Waals surface area contributed by atoms with E-state index in [2.05, 4.69) is 0 Å². The summed E-state index contributed by atoms with van der Waals surface area (Å²) in [6, 6.07) is 0. The molecule has 1 aliphatic rings. The van der Waals surface area contributed by atoms with Gasteiger partial charge in [0, 0.05) is 0 Å². The molecule has 18 heavy (non-hydrogen) atoms. The Bertz CT molecular complexity index is 246. The van der Waals surface area contributed by atoms with Gasteiger partial charge in [-0.3, -0.25) is 4.55 Å². The van der Waals surface area contributed by atoms with Gasteiger partial charge in [0.15, 0.2) is 4.93 Å². The minimum atomic E-state index is -4.27. The standard InChI is InChI=1S/C6H12O4S.Ca.6H2O.2H/c7-6(11(8,9)10)4-2-1-3-5-6;;;;;;;;;/h7H,1-5H2,(H,8,9,10);;6*1H2;;/q;+2;;;;;;;2*-1. The van der Waals surface area contributed by atoms with Crippen LogP contribution < -0.4 is 0 Å². The molecule has 14 N–H and O–H groups in total. The van der Waals surface area contributed by atoms with E-state index in [-0.39, 0.29) is 86.3 Å². The Labute approximate surface area is 138 Å². The van der Waals surface area contributed by atoms with Crippen molar-refractivity contribution in [2.75, 3.05) is 0 Å². The molecule has 0 saturated heterocycles. The van der Waals surface area contributed by atoms with Crippen molar-refractivity contribution in [2.24, 2.45) is 0 Å². The quantitative estimate of drug-likeness (QED) is 0.354. The Kier molecular flexibility index (Phi) is 37.9. The summed E-state index contributed by atoms with van der Waals surface area (Å²) >= 11 is 0. The Morgan fingerprint density at radius 1 is 0.833 bits per heavy atom. The molecule has 0 radical (unpaired) electrons. The van der Waals surface area contributed by atoms with Crippen molar-refractivity contribution >= 4 is 47.9 Å². The van der Waals surface area contributed by atoms with Crippen LogP contribution in [0.25, 0.3) is 0 Å². The Morgan fingerprint density at radius 2 is 1.11 bits per heavy atom. The molecule has 0 unspecified atom stereocenters. The first-order valence-corrected chi connectivity index (χ1v) is 5.09. The van der Waals surface area contributed by atoms with Crippen LogP contribution in [0.1, 0.15) is 35.0 Å². The van der Waals surface area contributed by atoms with Gasteiger partial charge in [-0.15, -0.1) is 0 Å². The van der Waals surface area contributed by atoms with E-state index in [1.807, 2.05) is 0 Å². The van der Waals surface area contributed by atoms with E-state index in [4.69, 9.17) is 4.55 Å². The maximum Gasteiger partial charge on any atom is 2.00 e. The van der Waals surface area contributed by atoms with Crippen LogP contribution in [-0.4, -0.2) is 93.6 Å². The van der Waals surface area contributed by atoms with Crippen LogP contribution in [0.5, 0.6) is 0 Å². The van der Waals surface area contributed by atoms with Gasteiger partial charge in [0.1, 0.15) is 0 Å². The molecule has 1 rings (SSSR count). The third-order valence-corrected chi connectivity index (χ3v) is 3.48. The molecule has 0 amide bonds. The van der Waals surface area contributed by atoms with Crippen molar-refractivity contribution in [1.29, 1.82) is 0 Å². The maximum absolute atomic E-state index is 10.6. The first-order valence-electron chi connectivity index (χ1n) is 3.65. The number of hydrogen-bond acceptors (Lipinski definition) is 3. The summed E-state index contributed by atoms with van der Waals surface area (Å²) in [6.07, 6.45) is 2.57. The van der Waals surface area contributed by atoms with E-state index in [1.165, 1.54) is 0 Å². The average Bonchev–Trinajstić information content (AvgIpc) is 1.87. The van der Waals surface area contributed by atoms with Crippen LogP contribution >= 0.6 is 0 Å². The zero-order chi connectivity index (χ0) is 8.54. The van der Waals surface area contributed by atoms with Gasteiger partial charge in [-0.2, -0.15) is 8.42 Å². The molecule has 0 spiro atoms. The first-order chi connectivity index (χ1) is 4.96. The second kappa shape index (κ2) is 15.9. The number of hydrogen-bond donors (Lipinski definition) is 2. The van der Waals surface area contributed by atoms with Crippen LogP contribution in [-0.2, 0) is 10.1 Å². The van der Waals surface area contributed by atoms with Crippen molar-refractivity contribution in [1.82, 2.24) is 0 Å². The van der Waals surface area contributed by atoms with Gasteiger partial charge < -0.3 is 40.8 Å². The fourth-order valence-corrected chi connectivity index (χ4v) is 2.17. The smallest absolute Gasteiger partial charge is 1.00 e. The van der Waals surface area contributed by atoms with Crippen LogP contribution in [0, 0.1) is 0 Å². The summed E-state index contributed by atoms with van der Waals surface area (Å²) in [4.78, 5) is -1.86. The van der Waals surface area contributed by atoms with E-state index in [9.17, 15) is 13.5 Å². The minimum absolute atomic E-state index is 0. The van der Waals surface area contributed by atoms with Crippen LogP contribution in [0.2, 0.25) is 0 Å². The number of rotatable bonds is 1. The van der Waals surface area contributed by atoms with E-state index in [0.717, 1.165) is 6.42 Å². The molecule has 118 valence electrons. The minimum Gasteiger partial charge on any atom is -1.00 e. The monoisotopic (exact) mass is 330 g/mol. The van der Waals surface area contributed by atoms with Crippen molar-refractivity contribution in [2.45, 2.75) is 37.0 Å². The molecular formula is C6H26CaO10S. The van der Waals surface area contributed by atoms with Gasteiger partial charge in [-0.05, 0) is 25.7 Å². The van der Waals surface area contributed by atoms with Gasteiger partial charge in [0.25, 0.3) is 10.1 Å². The van der Waals surface area contributed by atoms with Gasteiger partial charge >= 0.3 is 37.7 Å². The molecule has 0 atom stereocenters. The summed E-state index contributed by atoms with van der Waals surface area (Å²) in [7, 11) is -4.27. The summed E-state index contributed by atoms with van der Waals surface area (Å²) in [6.45, 7) is 0. The molecule has 1 fully saturated rings. The molecule has 0 aromatic carbocycles. The van der Waals surface area contributed by atoms with E-state index in [1.54, 1.807) is 0 Å². The largest absolute Gasteiger partial charge is 2.00 e. The Hall–Kier alpha value is 0.890. The molecule has 1 aliphatic carbocycles. The van der Waals surface area contributed by atoms with Crippen molar-refractivity contribution in [3.63, 3.8) is 0 Å². The molecule has 0 heterocycles. The zero-order valence-electron chi connectivity index (χ0n) is 11.9. The molecule has 1 saturated carbocycles. The predicted molar refractivity (Wildman–Crippen MR) is 69.2 cm³/mol. The molecule has 0 bridgehead atoms. The summed E-state index contributed by atoms with van der Waals surface area (Å²) < 4.78 is 29.9. The second-order valence-corrected chi connectivity index (χ2v) is 4.69. The Balaban J connectivity index is -0.0000000192. The van der Waals surface area contributed by atoms with Gasteiger partial charge in [-0.25, -0.2) is 0 Å². The van der Waals surface area contributed by atoms with Gasteiger partial charge in [-0.1, -0.05) is 6.42 Å². The van der Waals surface area contributed by atoms with Crippen LogP contribution in [0.15, 0.2) is 0 Å². The van der Waals surface area contributed by atoms with Crippen LogP contribution in [0.3, 0.4) is 0 Å². The van der Waals surface area contributed by atoms with E-state index >= 15 is 0 Å². The summed E-state index contributed by atoms with van der Waals surface area (Å²) in [5.41, 5.74) is 0. The molecule has 0 aliphatic heterocycles. The molecule has 0 aromatic heterocycles. The fourth-order valence-electron chi connectivity index (χ4n) is 1.36. The van der Waals surface area contributed by atoms with E-state index in [0.29, 0.717) is 12.8 Å². The normalized spacial score (nSPS) is 15.2. The third kappa shape index (κ3) is 10.8. The van der Waals surface area contributed by atoms with Crippen molar-refractivity contribution in [3.05, 3.63) is 0 Å². The maximum atomic E-state index is 10.6. The molecular weight excluding hydrogens is 304 g/mol.